The number of ether oxygens (including phenoxy) is 1. The van der Waals surface area contributed by atoms with E-state index in [0.29, 0.717) is 12.2 Å². The Kier molecular flexibility index (Phi) is 10.6. The number of methoxy groups -OCH3 is 1. The predicted octanol–water partition coefficient (Wildman–Crippen LogP) is -0.0589. The maximum atomic E-state index is 13.3. The van der Waals surface area contributed by atoms with Gasteiger partial charge in [-0.3, -0.25) is 24.1 Å². The van der Waals surface area contributed by atoms with E-state index in [2.05, 4.69) is 21.4 Å². The van der Waals surface area contributed by atoms with Gasteiger partial charge in [-0.25, -0.2) is 10.3 Å². The second-order valence-corrected chi connectivity index (χ2v) is 9.14. The standard InChI is InChI=1S/C24H38N6O6/c1-6-9-24(3,25)36-29-21(32)18(13-26-4)28-23(34)30-14-20(31)27-12-17(22(30)33)11-16-10-15(2)7-8-19(16)35-5/h7-8,10,17-18,26H,6,9,11-14,25H2,1-5H3,(H,27,31)(H,28,34)(H,29,32). The third-order valence-electron chi connectivity index (χ3n) is 5.76. The smallest absolute Gasteiger partial charge is 0.325 e. The monoisotopic (exact) mass is 506 g/mol. The van der Waals surface area contributed by atoms with E-state index in [1.807, 2.05) is 32.0 Å². The van der Waals surface area contributed by atoms with Crippen molar-refractivity contribution in [2.45, 2.75) is 51.8 Å². The first-order valence-corrected chi connectivity index (χ1v) is 11.9. The van der Waals surface area contributed by atoms with E-state index in [0.717, 1.165) is 22.4 Å². The first kappa shape index (κ1) is 29.0. The predicted molar refractivity (Wildman–Crippen MR) is 133 cm³/mol. The average molecular weight is 507 g/mol. The Morgan fingerprint density at radius 1 is 1.33 bits per heavy atom. The number of likely N-dealkylation sites (N-methyl/N-ethyl adjacent to an activating group) is 1. The zero-order valence-corrected chi connectivity index (χ0v) is 21.6. The third kappa shape index (κ3) is 8.18. The average Bonchev–Trinajstić information content (AvgIpc) is 2.96. The van der Waals surface area contributed by atoms with Crippen LogP contribution in [0.4, 0.5) is 4.79 Å². The Labute approximate surface area is 211 Å². The van der Waals surface area contributed by atoms with Crippen molar-refractivity contribution in [2.24, 2.45) is 11.7 Å². The van der Waals surface area contributed by atoms with Crippen LogP contribution in [0.3, 0.4) is 0 Å². The van der Waals surface area contributed by atoms with E-state index in [1.54, 1.807) is 14.0 Å². The van der Waals surface area contributed by atoms with E-state index in [9.17, 15) is 19.2 Å². The fourth-order valence-corrected chi connectivity index (χ4v) is 3.91. The molecule has 12 nitrogen and oxygen atoms in total. The van der Waals surface area contributed by atoms with Crippen LogP contribution in [0.5, 0.6) is 5.75 Å². The molecule has 200 valence electrons. The summed E-state index contributed by atoms with van der Waals surface area (Å²) in [4.78, 5) is 57.5. The van der Waals surface area contributed by atoms with Gasteiger partial charge in [0.2, 0.25) is 11.8 Å². The molecule has 1 saturated heterocycles. The second kappa shape index (κ2) is 13.2. The van der Waals surface area contributed by atoms with E-state index < -0.39 is 48.0 Å². The van der Waals surface area contributed by atoms with Crippen molar-refractivity contribution < 1.29 is 28.8 Å². The molecule has 3 unspecified atom stereocenters. The highest BCUT2D eigenvalue weighted by atomic mass is 16.7. The number of aryl methyl sites for hydroxylation is 1. The Morgan fingerprint density at radius 3 is 2.69 bits per heavy atom. The Bertz CT molecular complexity index is 953. The molecule has 36 heavy (non-hydrogen) atoms. The number of carbonyl (C=O) groups is 4. The third-order valence-corrected chi connectivity index (χ3v) is 5.76. The van der Waals surface area contributed by atoms with Crippen LogP contribution in [0.1, 0.15) is 37.8 Å². The summed E-state index contributed by atoms with van der Waals surface area (Å²) in [5.74, 6) is -1.76. The maximum absolute atomic E-state index is 13.3. The van der Waals surface area contributed by atoms with Gasteiger partial charge in [0.05, 0.1) is 13.0 Å². The molecule has 0 spiro atoms. The number of amides is 5. The van der Waals surface area contributed by atoms with Gasteiger partial charge in [0.15, 0.2) is 0 Å². The summed E-state index contributed by atoms with van der Waals surface area (Å²) in [6, 6.07) is 3.66. The second-order valence-electron chi connectivity index (χ2n) is 9.14. The molecule has 0 radical (unpaired) electrons. The highest BCUT2D eigenvalue weighted by Gasteiger charge is 2.36. The molecule has 0 aromatic heterocycles. The SMILES string of the molecule is CCCC(C)(N)ONC(=O)C(CNC)NC(=O)N1CC(=O)NCC(Cc2cc(C)ccc2OC)C1=O. The lowest BCUT2D eigenvalue weighted by Gasteiger charge is -2.27. The van der Waals surface area contributed by atoms with E-state index in [4.69, 9.17) is 15.3 Å². The lowest BCUT2D eigenvalue weighted by atomic mass is 9.96. The van der Waals surface area contributed by atoms with Crippen LogP contribution < -0.4 is 31.9 Å². The summed E-state index contributed by atoms with van der Waals surface area (Å²) in [6.07, 6.45) is 1.50. The number of urea groups is 1. The van der Waals surface area contributed by atoms with Gasteiger partial charge in [0.25, 0.3) is 5.91 Å². The largest absolute Gasteiger partial charge is 0.496 e. The number of hydrogen-bond acceptors (Lipinski definition) is 8. The lowest BCUT2D eigenvalue weighted by molar-refractivity contribution is -0.152. The van der Waals surface area contributed by atoms with Crippen molar-refractivity contribution in [3.8, 4) is 5.75 Å². The summed E-state index contributed by atoms with van der Waals surface area (Å²) in [7, 11) is 3.14. The fraction of sp³-hybridized carbons (Fsp3) is 0.583. The number of nitrogens with zero attached hydrogens (tertiary/aromatic N) is 1. The summed E-state index contributed by atoms with van der Waals surface area (Å²) < 4.78 is 5.41. The fourth-order valence-electron chi connectivity index (χ4n) is 3.91. The van der Waals surface area contributed by atoms with Crippen LogP contribution >= 0.6 is 0 Å². The number of carbonyl (C=O) groups excluding carboxylic acids is 4. The van der Waals surface area contributed by atoms with Crippen LogP contribution in [-0.2, 0) is 25.6 Å². The van der Waals surface area contributed by atoms with Crippen LogP contribution in [0.2, 0.25) is 0 Å². The molecular weight excluding hydrogens is 468 g/mol. The summed E-state index contributed by atoms with van der Waals surface area (Å²) in [6.45, 7) is 5.13. The van der Waals surface area contributed by atoms with Crippen molar-refractivity contribution in [3.63, 3.8) is 0 Å². The molecule has 0 bridgehead atoms. The molecule has 1 heterocycles. The number of hydroxylamine groups is 1. The summed E-state index contributed by atoms with van der Waals surface area (Å²) in [5.41, 5.74) is 8.95. The minimum absolute atomic E-state index is 0.0497. The molecule has 1 aliphatic heterocycles. The molecule has 1 aliphatic rings. The summed E-state index contributed by atoms with van der Waals surface area (Å²) in [5, 5.41) is 8.01. The molecule has 0 aliphatic carbocycles. The van der Waals surface area contributed by atoms with Crippen molar-refractivity contribution >= 4 is 23.8 Å². The number of nitrogens with one attached hydrogen (secondary N) is 4. The molecule has 1 fully saturated rings. The van der Waals surface area contributed by atoms with Gasteiger partial charge >= 0.3 is 6.03 Å². The molecule has 5 amide bonds. The molecule has 6 N–H and O–H groups in total. The van der Waals surface area contributed by atoms with Gasteiger partial charge in [-0.05, 0) is 45.4 Å². The van der Waals surface area contributed by atoms with Crippen molar-refractivity contribution in [1.82, 2.24) is 26.3 Å². The molecule has 2 rings (SSSR count). The van der Waals surface area contributed by atoms with E-state index in [1.165, 1.54) is 7.11 Å². The molecule has 12 heteroatoms. The zero-order chi connectivity index (χ0) is 26.9. The molecule has 1 aromatic carbocycles. The van der Waals surface area contributed by atoms with Gasteiger partial charge in [0, 0.05) is 13.1 Å². The minimum atomic E-state index is -1.09. The number of benzene rings is 1. The van der Waals surface area contributed by atoms with Crippen LogP contribution in [0, 0.1) is 12.8 Å². The van der Waals surface area contributed by atoms with Gasteiger partial charge in [-0.1, -0.05) is 31.0 Å². The van der Waals surface area contributed by atoms with Gasteiger partial charge in [-0.2, -0.15) is 0 Å². The lowest BCUT2D eigenvalue weighted by Crippen LogP contribution is -2.58. The van der Waals surface area contributed by atoms with Crippen molar-refractivity contribution in [1.29, 1.82) is 0 Å². The molecular formula is C24H38N6O6. The highest BCUT2D eigenvalue weighted by molar-refractivity contribution is 6.01. The van der Waals surface area contributed by atoms with Gasteiger partial charge in [0.1, 0.15) is 24.1 Å². The Balaban J connectivity index is 2.16. The molecule has 0 saturated carbocycles. The quantitative estimate of drug-likeness (QED) is 0.206. The van der Waals surface area contributed by atoms with Gasteiger partial charge in [-0.15, -0.1) is 0 Å². The number of nitrogens with two attached hydrogens (primary N) is 1. The first-order valence-electron chi connectivity index (χ1n) is 11.9. The van der Waals surface area contributed by atoms with Gasteiger partial charge < -0.3 is 26.4 Å². The number of rotatable bonds is 11. The highest BCUT2D eigenvalue weighted by Crippen LogP contribution is 2.24. The van der Waals surface area contributed by atoms with Crippen molar-refractivity contribution in [3.05, 3.63) is 29.3 Å². The number of hydrogen-bond donors (Lipinski definition) is 5. The normalized spacial score (nSPS) is 18.5. The van der Waals surface area contributed by atoms with Crippen LogP contribution in [0.15, 0.2) is 18.2 Å². The van der Waals surface area contributed by atoms with E-state index in [-0.39, 0.29) is 19.5 Å². The van der Waals surface area contributed by atoms with Crippen LogP contribution in [-0.4, -0.2) is 74.2 Å². The molecule has 3 atom stereocenters. The maximum Gasteiger partial charge on any atom is 0.325 e. The first-order chi connectivity index (χ1) is 17.0. The Morgan fingerprint density at radius 2 is 2.06 bits per heavy atom. The van der Waals surface area contributed by atoms with Crippen molar-refractivity contribution in [2.75, 3.05) is 33.8 Å². The summed E-state index contributed by atoms with van der Waals surface area (Å²) >= 11 is 0. The zero-order valence-electron chi connectivity index (χ0n) is 21.6. The van der Waals surface area contributed by atoms with Crippen LogP contribution in [0.25, 0.3) is 0 Å². The number of imide groups is 1. The topological polar surface area (TPSA) is 164 Å². The minimum Gasteiger partial charge on any atom is -0.496 e. The molecule has 1 aromatic rings. The Hall–Kier alpha value is -3.22. The van der Waals surface area contributed by atoms with E-state index >= 15 is 0 Å².